The summed E-state index contributed by atoms with van der Waals surface area (Å²) in [6.45, 7) is 6.13. The minimum absolute atomic E-state index is 0.0864. The highest BCUT2D eigenvalue weighted by molar-refractivity contribution is 5.99. The molecule has 11 nitrogen and oxygen atoms in total. The van der Waals surface area contributed by atoms with E-state index in [9.17, 15) is 24.0 Å². The van der Waals surface area contributed by atoms with E-state index in [0.717, 1.165) is 23.1 Å². The normalized spacial score (nSPS) is 12.9. The van der Waals surface area contributed by atoms with Crippen LogP contribution in [0.3, 0.4) is 0 Å². The summed E-state index contributed by atoms with van der Waals surface area (Å²) in [5.41, 5.74) is 9.99. The van der Waals surface area contributed by atoms with Gasteiger partial charge >= 0.3 is 6.03 Å². The number of carbonyl (C=O) groups excluding carboxylic acids is 5. The number of primary amides is 1. The number of nitrogens with two attached hydrogens (primary N) is 1. The van der Waals surface area contributed by atoms with Crippen molar-refractivity contribution in [3.63, 3.8) is 0 Å². The minimum Gasteiger partial charge on any atom is -0.352 e. The van der Waals surface area contributed by atoms with Crippen molar-refractivity contribution in [1.29, 1.82) is 0 Å². The van der Waals surface area contributed by atoms with Gasteiger partial charge in [0.05, 0.1) is 12.2 Å². The van der Waals surface area contributed by atoms with E-state index in [2.05, 4.69) is 33.1 Å². The number of fused-ring (bicyclic) bond motifs is 2. The van der Waals surface area contributed by atoms with E-state index < -0.39 is 35.8 Å². The van der Waals surface area contributed by atoms with Crippen molar-refractivity contribution in [3.05, 3.63) is 95.1 Å². The summed E-state index contributed by atoms with van der Waals surface area (Å²) in [6.07, 6.45) is 1.20. The Morgan fingerprint density at radius 2 is 1.51 bits per heavy atom. The Kier molecular flexibility index (Phi) is 12.9. The Bertz CT molecular complexity index is 1730. The van der Waals surface area contributed by atoms with E-state index in [4.69, 9.17) is 5.73 Å². The molecule has 3 aromatic rings. The van der Waals surface area contributed by atoms with Crippen LogP contribution in [0.2, 0.25) is 0 Å². The number of para-hydroxylation sites is 1. The molecule has 3 aromatic carbocycles. The van der Waals surface area contributed by atoms with Crippen LogP contribution in [0.4, 0.5) is 16.2 Å². The van der Waals surface area contributed by atoms with E-state index in [1.54, 1.807) is 30.9 Å². The second kappa shape index (κ2) is 17.5. The highest BCUT2D eigenvalue weighted by Gasteiger charge is 2.29. The fourth-order valence-corrected chi connectivity index (χ4v) is 5.44. The zero-order valence-corrected chi connectivity index (χ0v) is 28.2. The van der Waals surface area contributed by atoms with E-state index in [1.165, 1.54) is 0 Å². The monoisotopic (exact) mass is 664 g/mol. The molecule has 1 aliphatic heterocycles. The molecular formula is C38H44N6O5. The molecule has 0 saturated carbocycles. The van der Waals surface area contributed by atoms with Gasteiger partial charge < -0.3 is 31.9 Å². The summed E-state index contributed by atoms with van der Waals surface area (Å²) < 4.78 is 0. The van der Waals surface area contributed by atoms with Crippen molar-refractivity contribution in [2.24, 2.45) is 11.7 Å². The number of urea groups is 1. The molecule has 0 aromatic heterocycles. The number of anilines is 2. The first-order chi connectivity index (χ1) is 23.5. The zero-order chi connectivity index (χ0) is 35.3. The Morgan fingerprint density at radius 3 is 2.20 bits per heavy atom. The molecule has 6 N–H and O–H groups in total. The molecule has 0 aliphatic carbocycles. The van der Waals surface area contributed by atoms with Gasteiger partial charge in [0.1, 0.15) is 12.1 Å². The van der Waals surface area contributed by atoms with Crippen LogP contribution in [0.1, 0.15) is 68.7 Å². The van der Waals surface area contributed by atoms with Crippen molar-refractivity contribution in [1.82, 2.24) is 16.0 Å². The summed E-state index contributed by atoms with van der Waals surface area (Å²) in [4.78, 5) is 66.4. The molecule has 6 amide bonds. The van der Waals surface area contributed by atoms with Crippen LogP contribution in [0.25, 0.3) is 0 Å². The molecule has 0 spiro atoms. The quantitative estimate of drug-likeness (QED) is 0.130. The number of carbonyl (C=O) groups is 5. The topological polar surface area (TPSA) is 163 Å². The standard InChI is InChI=1S/C38H44N6O5/c1-4-26-15-19-30(20-16-26)41-36(47)31(13-9-23-40-38(39)49)42-37(48)35(25(2)3)43-33(45)21-22-34(46)44-24-29-12-6-5-10-27(29)17-18-28-11-7-8-14-32(28)44/h5-8,10-12,14-16,19-20,25,31,35H,4,9,13,21-24H2,1-3H3,(H,41,47)(H,42,48)(H,43,45)(H3,39,40,49)/t31-,35-/m0/s1. The Morgan fingerprint density at radius 1 is 0.837 bits per heavy atom. The average molecular weight is 665 g/mol. The SMILES string of the molecule is CCc1ccc(NC(=O)[C@H](CCCNC(N)=O)NC(=O)[C@@H](NC(=O)CCC(=O)N2Cc3ccccc3C#Cc3ccccc32)C(C)C)cc1. The van der Waals surface area contributed by atoms with Gasteiger partial charge in [-0.3, -0.25) is 19.2 Å². The first-order valence-electron chi connectivity index (χ1n) is 16.6. The molecule has 0 unspecified atom stereocenters. The van der Waals surface area contributed by atoms with Crippen LogP contribution < -0.4 is 31.9 Å². The van der Waals surface area contributed by atoms with Crippen LogP contribution in [-0.4, -0.2) is 48.3 Å². The Balaban J connectivity index is 1.41. The summed E-state index contributed by atoms with van der Waals surface area (Å²) in [5.74, 6) is 4.35. The van der Waals surface area contributed by atoms with E-state index in [-0.39, 0.29) is 37.6 Å². The smallest absolute Gasteiger partial charge is 0.312 e. The van der Waals surface area contributed by atoms with E-state index >= 15 is 0 Å². The average Bonchev–Trinajstić information content (AvgIpc) is 3.08. The van der Waals surface area contributed by atoms with Crippen LogP contribution in [-0.2, 0) is 32.1 Å². The van der Waals surface area contributed by atoms with Crippen molar-refractivity contribution in [3.8, 4) is 11.8 Å². The van der Waals surface area contributed by atoms with Gasteiger partial charge in [0.15, 0.2) is 0 Å². The predicted octanol–water partition coefficient (Wildman–Crippen LogP) is 3.99. The van der Waals surface area contributed by atoms with Crippen molar-refractivity contribution < 1.29 is 24.0 Å². The number of rotatable bonds is 14. The van der Waals surface area contributed by atoms with Crippen molar-refractivity contribution >= 4 is 41.0 Å². The van der Waals surface area contributed by atoms with Gasteiger partial charge in [-0.25, -0.2) is 4.79 Å². The minimum atomic E-state index is -0.963. The van der Waals surface area contributed by atoms with Crippen LogP contribution in [0.15, 0.2) is 72.8 Å². The third-order valence-electron chi connectivity index (χ3n) is 8.24. The van der Waals surface area contributed by atoms with Crippen molar-refractivity contribution in [2.45, 2.75) is 71.5 Å². The maximum absolute atomic E-state index is 13.6. The van der Waals surface area contributed by atoms with Gasteiger partial charge in [-0.1, -0.05) is 75.1 Å². The largest absolute Gasteiger partial charge is 0.352 e. The highest BCUT2D eigenvalue weighted by atomic mass is 16.2. The van der Waals surface area contributed by atoms with Crippen LogP contribution in [0.5, 0.6) is 0 Å². The van der Waals surface area contributed by atoms with E-state index in [0.29, 0.717) is 29.9 Å². The van der Waals surface area contributed by atoms with Crippen LogP contribution >= 0.6 is 0 Å². The number of hydrogen-bond donors (Lipinski definition) is 5. The molecule has 4 rings (SSSR count). The Labute approximate surface area is 287 Å². The van der Waals surface area contributed by atoms with Gasteiger partial charge in [0.25, 0.3) is 0 Å². The summed E-state index contributed by atoms with van der Waals surface area (Å²) >= 11 is 0. The summed E-state index contributed by atoms with van der Waals surface area (Å²) in [7, 11) is 0. The lowest BCUT2D eigenvalue weighted by molar-refractivity contribution is -0.132. The zero-order valence-electron chi connectivity index (χ0n) is 28.2. The molecule has 49 heavy (non-hydrogen) atoms. The van der Waals surface area contributed by atoms with Gasteiger partial charge in [-0.2, -0.15) is 0 Å². The molecule has 0 bridgehead atoms. The molecule has 1 aliphatic rings. The Hall–Kier alpha value is -5.63. The van der Waals surface area contributed by atoms with Gasteiger partial charge in [-0.05, 0) is 66.6 Å². The van der Waals surface area contributed by atoms with Gasteiger partial charge in [-0.15, -0.1) is 0 Å². The van der Waals surface area contributed by atoms with Gasteiger partial charge in [0.2, 0.25) is 23.6 Å². The number of aryl methyl sites for hydroxylation is 1. The number of amides is 6. The number of nitrogens with one attached hydrogen (secondary N) is 4. The van der Waals surface area contributed by atoms with E-state index in [1.807, 2.05) is 67.6 Å². The summed E-state index contributed by atoms with van der Waals surface area (Å²) in [5, 5.41) is 10.9. The molecule has 1 heterocycles. The van der Waals surface area contributed by atoms with Crippen molar-refractivity contribution in [2.75, 3.05) is 16.8 Å². The first kappa shape index (κ1) is 36.2. The highest BCUT2D eigenvalue weighted by Crippen LogP contribution is 2.26. The lowest BCUT2D eigenvalue weighted by Crippen LogP contribution is -2.54. The molecule has 0 radical (unpaired) electrons. The number of nitrogens with zero attached hydrogens (tertiary/aromatic N) is 1. The van der Waals surface area contributed by atoms with Gasteiger partial charge in [0, 0.05) is 36.2 Å². The molecule has 0 fully saturated rings. The third kappa shape index (κ3) is 10.4. The maximum Gasteiger partial charge on any atom is 0.312 e. The molecular weight excluding hydrogens is 620 g/mol. The number of hydrogen-bond acceptors (Lipinski definition) is 5. The predicted molar refractivity (Wildman–Crippen MR) is 189 cm³/mol. The molecule has 0 saturated heterocycles. The number of benzene rings is 3. The first-order valence-corrected chi connectivity index (χ1v) is 16.6. The third-order valence-corrected chi connectivity index (χ3v) is 8.24. The second-order valence-electron chi connectivity index (χ2n) is 12.2. The maximum atomic E-state index is 13.6. The fraction of sp³-hybridized carbons (Fsp3) is 0.342. The molecule has 2 atom stereocenters. The summed E-state index contributed by atoms with van der Waals surface area (Å²) in [6, 6.07) is 19.9. The molecule has 256 valence electrons. The fourth-order valence-electron chi connectivity index (χ4n) is 5.44. The second-order valence-corrected chi connectivity index (χ2v) is 12.2. The molecule has 11 heteroatoms. The van der Waals surface area contributed by atoms with Crippen LogP contribution in [0, 0.1) is 17.8 Å². The lowest BCUT2D eigenvalue weighted by atomic mass is 10.0. The lowest BCUT2D eigenvalue weighted by Gasteiger charge is -2.27.